The van der Waals surface area contributed by atoms with Crippen LogP contribution in [0, 0.1) is 0 Å². The van der Waals surface area contributed by atoms with E-state index < -0.39 is 0 Å². The summed E-state index contributed by atoms with van der Waals surface area (Å²) in [7, 11) is 0. The Kier molecular flexibility index (Phi) is 4.17. The Labute approximate surface area is 126 Å². The van der Waals surface area contributed by atoms with Gasteiger partial charge >= 0.3 is 0 Å². The average molecular weight is 300 g/mol. The zero-order valence-corrected chi connectivity index (χ0v) is 12.5. The number of benzene rings is 1. The quantitative estimate of drug-likeness (QED) is 0.780. The van der Waals surface area contributed by atoms with Crippen molar-refractivity contribution < 1.29 is 4.52 Å². The molecule has 0 fully saturated rings. The predicted molar refractivity (Wildman–Crippen MR) is 85.0 cm³/mol. The van der Waals surface area contributed by atoms with Gasteiger partial charge in [0.25, 0.3) is 0 Å². The molecule has 3 rings (SSSR count). The van der Waals surface area contributed by atoms with Crippen molar-refractivity contribution in [1.29, 1.82) is 0 Å². The largest absolute Gasteiger partial charge is 0.337 e. The first-order valence-electron chi connectivity index (χ1n) is 6.72. The van der Waals surface area contributed by atoms with Crippen molar-refractivity contribution in [3.05, 3.63) is 42.4 Å². The van der Waals surface area contributed by atoms with Gasteiger partial charge in [0.2, 0.25) is 11.7 Å². The molecule has 108 valence electrons. The number of nitrogens with zero attached hydrogens (tertiary/aromatic N) is 3. The van der Waals surface area contributed by atoms with Crippen LogP contribution in [-0.4, -0.2) is 27.1 Å². The summed E-state index contributed by atoms with van der Waals surface area (Å²) in [5.41, 5.74) is 6.78. The fourth-order valence-electron chi connectivity index (χ4n) is 2.15. The molecule has 2 aromatic heterocycles. The fourth-order valence-corrected chi connectivity index (χ4v) is 2.64. The van der Waals surface area contributed by atoms with Crippen LogP contribution >= 0.6 is 11.8 Å². The molecule has 0 unspecified atom stereocenters. The minimum absolute atomic E-state index is 0.228. The summed E-state index contributed by atoms with van der Waals surface area (Å²) >= 11 is 1.75. The van der Waals surface area contributed by atoms with Gasteiger partial charge in [-0.3, -0.25) is 4.98 Å². The van der Waals surface area contributed by atoms with Crippen molar-refractivity contribution in [3.8, 4) is 11.5 Å². The molecular formula is C15H16N4OS. The van der Waals surface area contributed by atoms with E-state index in [1.807, 2.05) is 36.6 Å². The zero-order chi connectivity index (χ0) is 14.7. The van der Waals surface area contributed by atoms with E-state index in [-0.39, 0.29) is 6.04 Å². The second kappa shape index (κ2) is 6.24. The molecule has 0 bridgehead atoms. The van der Waals surface area contributed by atoms with E-state index in [0.717, 1.165) is 28.6 Å². The van der Waals surface area contributed by atoms with Crippen LogP contribution in [0.15, 0.2) is 41.1 Å². The summed E-state index contributed by atoms with van der Waals surface area (Å²) in [5.74, 6) is 1.92. The summed E-state index contributed by atoms with van der Waals surface area (Å²) in [4.78, 5) is 8.79. The van der Waals surface area contributed by atoms with Crippen molar-refractivity contribution in [2.45, 2.75) is 12.5 Å². The van der Waals surface area contributed by atoms with E-state index in [1.54, 1.807) is 18.0 Å². The number of rotatable bonds is 5. The number of nitrogens with two attached hydrogens (primary N) is 1. The molecule has 6 heteroatoms. The third-order valence-corrected chi connectivity index (χ3v) is 3.92. The molecule has 5 nitrogen and oxygen atoms in total. The average Bonchev–Trinajstić information content (AvgIpc) is 3.02. The summed E-state index contributed by atoms with van der Waals surface area (Å²) in [5, 5.41) is 6.13. The monoisotopic (exact) mass is 300 g/mol. The second-order valence-electron chi connectivity index (χ2n) is 4.72. The number of hydrogen-bond acceptors (Lipinski definition) is 6. The molecule has 1 atom stereocenters. The van der Waals surface area contributed by atoms with E-state index in [2.05, 4.69) is 15.1 Å². The molecule has 0 radical (unpaired) electrons. The second-order valence-corrected chi connectivity index (χ2v) is 5.71. The molecule has 0 aliphatic heterocycles. The first kappa shape index (κ1) is 14.0. The maximum atomic E-state index is 6.06. The molecule has 0 spiro atoms. The van der Waals surface area contributed by atoms with Crippen LogP contribution in [0.3, 0.4) is 0 Å². The highest BCUT2D eigenvalue weighted by molar-refractivity contribution is 7.98. The molecule has 0 aliphatic rings. The fraction of sp³-hybridized carbons (Fsp3) is 0.267. The van der Waals surface area contributed by atoms with Crippen LogP contribution in [0.25, 0.3) is 22.3 Å². The first-order chi connectivity index (χ1) is 10.3. The van der Waals surface area contributed by atoms with Crippen LogP contribution in [0.5, 0.6) is 0 Å². The summed E-state index contributed by atoms with van der Waals surface area (Å²) in [6.45, 7) is 0. The molecule has 1 aromatic carbocycles. The molecule has 2 N–H and O–H groups in total. The highest BCUT2D eigenvalue weighted by atomic mass is 32.2. The Balaban J connectivity index is 1.95. The third-order valence-electron chi connectivity index (χ3n) is 3.28. The Morgan fingerprint density at radius 3 is 3.00 bits per heavy atom. The van der Waals surface area contributed by atoms with Crippen LogP contribution < -0.4 is 5.73 Å². The lowest BCUT2D eigenvalue weighted by atomic mass is 10.1. The summed E-state index contributed by atoms with van der Waals surface area (Å²) < 4.78 is 5.29. The Morgan fingerprint density at radius 2 is 2.14 bits per heavy atom. The number of hydrogen-bond donors (Lipinski definition) is 1. The van der Waals surface area contributed by atoms with Crippen molar-refractivity contribution in [2.24, 2.45) is 5.73 Å². The van der Waals surface area contributed by atoms with Gasteiger partial charge in [-0.1, -0.05) is 29.4 Å². The Bertz CT molecular complexity index is 738. The van der Waals surface area contributed by atoms with Gasteiger partial charge in [-0.25, -0.2) is 0 Å². The van der Waals surface area contributed by atoms with E-state index in [0.29, 0.717) is 11.7 Å². The number of aromatic nitrogens is 3. The van der Waals surface area contributed by atoms with Gasteiger partial charge in [0, 0.05) is 11.6 Å². The van der Waals surface area contributed by atoms with Gasteiger partial charge < -0.3 is 10.3 Å². The summed E-state index contributed by atoms with van der Waals surface area (Å²) in [6.07, 6.45) is 4.61. The van der Waals surface area contributed by atoms with E-state index >= 15 is 0 Å². The standard InChI is InChI=1S/C15H16N4OS/c1-21-9-7-12(16)15-18-14(19-20-15)13-11-5-3-2-4-10(11)6-8-17-13/h2-6,8,12H,7,9,16H2,1H3/t12-/m0/s1. The highest BCUT2D eigenvalue weighted by Gasteiger charge is 2.17. The van der Waals surface area contributed by atoms with Crippen LogP contribution in [0.1, 0.15) is 18.4 Å². The van der Waals surface area contributed by atoms with E-state index in [9.17, 15) is 0 Å². The minimum Gasteiger partial charge on any atom is -0.337 e. The Hall–Kier alpha value is -1.92. The third kappa shape index (κ3) is 2.91. The molecule has 21 heavy (non-hydrogen) atoms. The molecule has 0 amide bonds. The zero-order valence-electron chi connectivity index (χ0n) is 11.7. The SMILES string of the molecule is CSCC[C@H](N)c1nc(-c2nccc3ccccc23)no1. The normalized spacial score (nSPS) is 12.7. The molecule has 0 aliphatic carbocycles. The van der Waals surface area contributed by atoms with Crippen molar-refractivity contribution in [2.75, 3.05) is 12.0 Å². The lowest BCUT2D eigenvalue weighted by molar-refractivity contribution is 0.353. The summed E-state index contributed by atoms with van der Waals surface area (Å²) in [6, 6.07) is 9.73. The number of pyridine rings is 1. The minimum atomic E-state index is -0.228. The molecule has 0 saturated carbocycles. The maximum absolute atomic E-state index is 6.06. The van der Waals surface area contributed by atoms with Crippen molar-refractivity contribution in [1.82, 2.24) is 15.1 Å². The highest BCUT2D eigenvalue weighted by Crippen LogP contribution is 2.25. The predicted octanol–water partition coefficient (Wildman–Crippen LogP) is 3.04. The van der Waals surface area contributed by atoms with Crippen molar-refractivity contribution >= 4 is 22.5 Å². The van der Waals surface area contributed by atoms with E-state index in [4.69, 9.17) is 10.3 Å². The van der Waals surface area contributed by atoms with Gasteiger partial charge in [-0.15, -0.1) is 0 Å². The first-order valence-corrected chi connectivity index (χ1v) is 8.11. The number of thioether (sulfide) groups is 1. The van der Waals surface area contributed by atoms with Gasteiger partial charge in [0.1, 0.15) is 5.69 Å². The van der Waals surface area contributed by atoms with Crippen LogP contribution in [-0.2, 0) is 0 Å². The lowest BCUT2D eigenvalue weighted by Crippen LogP contribution is -2.11. The topological polar surface area (TPSA) is 77.8 Å². The van der Waals surface area contributed by atoms with Gasteiger partial charge in [-0.05, 0) is 29.9 Å². The van der Waals surface area contributed by atoms with Crippen molar-refractivity contribution in [3.63, 3.8) is 0 Å². The maximum Gasteiger partial charge on any atom is 0.243 e. The van der Waals surface area contributed by atoms with E-state index in [1.165, 1.54) is 0 Å². The molecular weight excluding hydrogens is 284 g/mol. The van der Waals surface area contributed by atoms with Gasteiger partial charge in [-0.2, -0.15) is 16.7 Å². The van der Waals surface area contributed by atoms with Crippen LogP contribution in [0.2, 0.25) is 0 Å². The van der Waals surface area contributed by atoms with Gasteiger partial charge in [0.15, 0.2) is 0 Å². The van der Waals surface area contributed by atoms with Gasteiger partial charge in [0.05, 0.1) is 6.04 Å². The van der Waals surface area contributed by atoms with Crippen LogP contribution in [0.4, 0.5) is 0 Å². The molecule has 0 saturated heterocycles. The number of fused-ring (bicyclic) bond motifs is 1. The lowest BCUT2D eigenvalue weighted by Gasteiger charge is -2.03. The smallest absolute Gasteiger partial charge is 0.243 e. The molecule has 2 heterocycles. The molecule has 3 aromatic rings. The Morgan fingerprint density at radius 1 is 1.29 bits per heavy atom.